The van der Waals surface area contributed by atoms with E-state index in [1.54, 1.807) is 0 Å². The van der Waals surface area contributed by atoms with E-state index in [1.807, 2.05) is 6.92 Å². The number of nitro benzene ring substituents is 1. The summed E-state index contributed by atoms with van der Waals surface area (Å²) < 4.78 is 5.00. The fraction of sp³-hybridized carbons (Fsp3) is 0.308. The number of hydrogen-bond donors (Lipinski definition) is 0. The smallest absolute Gasteiger partial charge is 0.338 e. The Labute approximate surface area is 105 Å². The van der Waals surface area contributed by atoms with Crippen LogP contribution in [-0.2, 0) is 9.53 Å². The third-order valence-electron chi connectivity index (χ3n) is 2.40. The van der Waals surface area contributed by atoms with E-state index in [2.05, 4.69) is 6.58 Å². The zero-order valence-corrected chi connectivity index (χ0v) is 10.2. The Morgan fingerprint density at radius 2 is 2.00 bits per heavy atom. The van der Waals surface area contributed by atoms with Crippen molar-refractivity contribution in [2.75, 3.05) is 6.61 Å². The third-order valence-corrected chi connectivity index (χ3v) is 2.40. The molecule has 0 amide bonds. The van der Waals surface area contributed by atoms with Gasteiger partial charge >= 0.3 is 5.97 Å². The molecule has 5 heteroatoms. The summed E-state index contributed by atoms with van der Waals surface area (Å²) in [6, 6.07) is 5.64. The van der Waals surface area contributed by atoms with Crippen molar-refractivity contribution in [2.45, 2.75) is 19.8 Å². The van der Waals surface area contributed by atoms with Crippen molar-refractivity contribution in [3.05, 3.63) is 46.5 Å². The maximum Gasteiger partial charge on any atom is 0.338 e. The number of esters is 1. The molecule has 0 unspecified atom stereocenters. The van der Waals surface area contributed by atoms with Crippen LogP contribution in [0.3, 0.4) is 0 Å². The van der Waals surface area contributed by atoms with Gasteiger partial charge in [-0.05, 0) is 24.1 Å². The van der Waals surface area contributed by atoms with Gasteiger partial charge in [-0.1, -0.05) is 19.9 Å². The summed E-state index contributed by atoms with van der Waals surface area (Å²) in [5.41, 5.74) is 0.717. The average molecular weight is 249 g/mol. The van der Waals surface area contributed by atoms with Crippen LogP contribution in [0.1, 0.15) is 25.3 Å². The van der Waals surface area contributed by atoms with E-state index >= 15 is 0 Å². The van der Waals surface area contributed by atoms with E-state index in [4.69, 9.17) is 4.74 Å². The Morgan fingerprint density at radius 1 is 1.39 bits per heavy atom. The highest BCUT2D eigenvalue weighted by Crippen LogP contribution is 2.18. The van der Waals surface area contributed by atoms with Crippen LogP contribution < -0.4 is 0 Å². The first-order chi connectivity index (χ1) is 8.56. The molecule has 5 nitrogen and oxygen atoms in total. The molecule has 0 saturated heterocycles. The van der Waals surface area contributed by atoms with Crippen LogP contribution >= 0.6 is 0 Å². The Kier molecular flexibility index (Phi) is 5.05. The number of nitro groups is 1. The van der Waals surface area contributed by atoms with Crippen molar-refractivity contribution >= 4 is 17.2 Å². The molecule has 0 aliphatic carbocycles. The topological polar surface area (TPSA) is 69.4 Å². The van der Waals surface area contributed by atoms with Crippen molar-refractivity contribution in [3.8, 4) is 0 Å². The second kappa shape index (κ2) is 6.54. The standard InChI is InChI=1S/C13H15NO4/c1-3-4-9-18-13(15)10(2)11-5-7-12(8-6-11)14(16)17/h5-8H,2-4,9H2,1H3. The summed E-state index contributed by atoms with van der Waals surface area (Å²) in [5.74, 6) is -0.489. The second-order valence-corrected chi connectivity index (χ2v) is 3.77. The highest BCUT2D eigenvalue weighted by molar-refractivity contribution is 6.15. The summed E-state index contributed by atoms with van der Waals surface area (Å²) in [4.78, 5) is 21.6. The molecule has 0 aliphatic heterocycles. The van der Waals surface area contributed by atoms with Gasteiger partial charge in [0, 0.05) is 12.1 Å². The maximum atomic E-state index is 11.6. The fourth-order valence-electron chi connectivity index (χ4n) is 1.30. The van der Waals surface area contributed by atoms with Crippen LogP contribution in [0.15, 0.2) is 30.8 Å². The largest absolute Gasteiger partial charge is 0.462 e. The molecule has 0 bridgehead atoms. The molecular weight excluding hydrogens is 234 g/mol. The molecule has 0 atom stereocenters. The molecule has 0 aliphatic rings. The summed E-state index contributed by atoms with van der Waals surface area (Å²) in [6.45, 7) is 6.00. The lowest BCUT2D eigenvalue weighted by atomic mass is 10.1. The van der Waals surface area contributed by atoms with Gasteiger partial charge in [-0.2, -0.15) is 0 Å². The third kappa shape index (κ3) is 3.69. The van der Waals surface area contributed by atoms with E-state index in [-0.39, 0.29) is 11.3 Å². The SMILES string of the molecule is C=C(C(=O)OCCCC)c1ccc([N+](=O)[O-])cc1. The van der Waals surface area contributed by atoms with E-state index in [0.717, 1.165) is 12.8 Å². The lowest BCUT2D eigenvalue weighted by Gasteiger charge is -2.06. The van der Waals surface area contributed by atoms with Crippen molar-refractivity contribution in [2.24, 2.45) is 0 Å². The van der Waals surface area contributed by atoms with Crippen LogP contribution in [-0.4, -0.2) is 17.5 Å². The molecule has 0 saturated carbocycles. The average Bonchev–Trinajstić information content (AvgIpc) is 2.38. The minimum absolute atomic E-state index is 0.0223. The van der Waals surface area contributed by atoms with Crippen molar-refractivity contribution in [3.63, 3.8) is 0 Å². The maximum absolute atomic E-state index is 11.6. The van der Waals surface area contributed by atoms with Crippen LogP contribution in [0.5, 0.6) is 0 Å². The number of carbonyl (C=O) groups excluding carboxylic acids is 1. The van der Waals surface area contributed by atoms with Gasteiger partial charge in [0.2, 0.25) is 0 Å². The molecule has 18 heavy (non-hydrogen) atoms. The highest BCUT2D eigenvalue weighted by atomic mass is 16.6. The number of unbranched alkanes of at least 4 members (excludes halogenated alkanes) is 1. The lowest BCUT2D eigenvalue weighted by Crippen LogP contribution is -2.07. The van der Waals surface area contributed by atoms with Gasteiger partial charge in [0.15, 0.2) is 0 Å². The van der Waals surface area contributed by atoms with Crippen LogP contribution in [0.25, 0.3) is 5.57 Å². The van der Waals surface area contributed by atoms with Gasteiger partial charge in [-0.25, -0.2) is 4.79 Å². The minimum atomic E-state index is -0.494. The van der Waals surface area contributed by atoms with E-state index in [9.17, 15) is 14.9 Å². The second-order valence-electron chi connectivity index (χ2n) is 3.77. The molecule has 1 rings (SSSR count). The molecular formula is C13H15NO4. The Hall–Kier alpha value is -2.17. The molecule has 1 aromatic rings. The molecule has 0 aromatic heterocycles. The fourth-order valence-corrected chi connectivity index (χ4v) is 1.30. The zero-order valence-electron chi connectivity index (χ0n) is 10.2. The molecule has 1 aromatic carbocycles. The van der Waals surface area contributed by atoms with E-state index in [0.29, 0.717) is 12.2 Å². The predicted molar refractivity (Wildman–Crippen MR) is 68.0 cm³/mol. The quantitative estimate of drug-likeness (QED) is 0.255. The summed E-state index contributed by atoms with van der Waals surface area (Å²) >= 11 is 0. The lowest BCUT2D eigenvalue weighted by molar-refractivity contribution is -0.384. The van der Waals surface area contributed by atoms with E-state index < -0.39 is 10.9 Å². The number of hydrogen-bond acceptors (Lipinski definition) is 4. The number of rotatable bonds is 6. The van der Waals surface area contributed by atoms with Crippen molar-refractivity contribution < 1.29 is 14.5 Å². The first kappa shape index (κ1) is 13.9. The van der Waals surface area contributed by atoms with Crippen LogP contribution in [0, 0.1) is 10.1 Å². The van der Waals surface area contributed by atoms with E-state index in [1.165, 1.54) is 24.3 Å². The van der Waals surface area contributed by atoms with Crippen molar-refractivity contribution in [1.82, 2.24) is 0 Å². The summed E-state index contributed by atoms with van der Waals surface area (Å²) in [5, 5.41) is 10.5. The number of ether oxygens (including phenoxy) is 1. The highest BCUT2D eigenvalue weighted by Gasteiger charge is 2.12. The molecule has 0 radical (unpaired) electrons. The Balaban J connectivity index is 2.66. The number of benzene rings is 1. The van der Waals surface area contributed by atoms with Gasteiger partial charge < -0.3 is 4.74 Å². The normalized spacial score (nSPS) is 9.83. The first-order valence-electron chi connectivity index (χ1n) is 5.67. The van der Waals surface area contributed by atoms with Gasteiger partial charge in [0.05, 0.1) is 17.1 Å². The number of nitrogens with zero attached hydrogens (tertiary/aromatic N) is 1. The molecule has 96 valence electrons. The van der Waals surface area contributed by atoms with Crippen LogP contribution in [0.2, 0.25) is 0 Å². The first-order valence-corrected chi connectivity index (χ1v) is 5.67. The van der Waals surface area contributed by atoms with Gasteiger partial charge in [0.25, 0.3) is 5.69 Å². The van der Waals surface area contributed by atoms with Gasteiger partial charge in [-0.3, -0.25) is 10.1 Å². The molecule has 0 fully saturated rings. The minimum Gasteiger partial charge on any atom is -0.462 e. The zero-order chi connectivity index (χ0) is 13.5. The number of carbonyl (C=O) groups is 1. The molecule has 0 spiro atoms. The monoisotopic (exact) mass is 249 g/mol. The molecule has 0 heterocycles. The van der Waals surface area contributed by atoms with Crippen molar-refractivity contribution in [1.29, 1.82) is 0 Å². The Morgan fingerprint density at radius 3 is 2.50 bits per heavy atom. The van der Waals surface area contributed by atoms with Gasteiger partial charge in [0.1, 0.15) is 0 Å². The van der Waals surface area contributed by atoms with Gasteiger partial charge in [-0.15, -0.1) is 0 Å². The Bertz CT molecular complexity index is 451. The summed E-state index contributed by atoms with van der Waals surface area (Å²) in [6.07, 6.45) is 1.75. The predicted octanol–water partition coefficient (Wildman–Crippen LogP) is 2.95. The van der Waals surface area contributed by atoms with Crippen LogP contribution in [0.4, 0.5) is 5.69 Å². The summed E-state index contributed by atoms with van der Waals surface area (Å²) in [7, 11) is 0. The number of non-ortho nitro benzene ring substituents is 1. The molecule has 0 N–H and O–H groups in total.